The summed E-state index contributed by atoms with van der Waals surface area (Å²) in [6.45, 7) is 6.48. The number of hydrogen-bond donors (Lipinski definition) is 1. The van der Waals surface area contributed by atoms with Gasteiger partial charge in [0.15, 0.2) is 5.76 Å². The number of aryl methyl sites for hydroxylation is 4. The third kappa shape index (κ3) is 6.75. The van der Waals surface area contributed by atoms with Gasteiger partial charge in [-0.15, -0.1) is 0 Å². The first-order valence-electron chi connectivity index (χ1n) is 12.6. The molecule has 1 N–H and O–H groups in total. The molecule has 0 aliphatic heterocycles. The molecule has 0 radical (unpaired) electrons. The van der Waals surface area contributed by atoms with Gasteiger partial charge in [0, 0.05) is 19.5 Å². The molecule has 0 spiro atoms. The number of furan rings is 1. The maximum Gasteiger partial charge on any atom is 0.286 e. The van der Waals surface area contributed by atoms with Gasteiger partial charge in [-0.25, -0.2) is 4.98 Å². The number of ether oxygens (including phenoxy) is 1. The number of benzene rings is 2. The van der Waals surface area contributed by atoms with Gasteiger partial charge in [-0.05, 0) is 81.0 Å². The Kier molecular flexibility index (Phi) is 8.60. The molecule has 0 saturated heterocycles. The fourth-order valence-corrected chi connectivity index (χ4v) is 4.26. The predicted octanol–water partition coefficient (Wildman–Crippen LogP) is 6.25. The van der Waals surface area contributed by atoms with Crippen LogP contribution in [0.3, 0.4) is 0 Å². The molecule has 35 heavy (non-hydrogen) atoms. The van der Waals surface area contributed by atoms with Crippen LogP contribution in [0.5, 0.6) is 5.75 Å². The van der Waals surface area contributed by atoms with Gasteiger partial charge in [0.05, 0.1) is 23.9 Å². The lowest BCUT2D eigenvalue weighted by Gasteiger charge is -2.12. The van der Waals surface area contributed by atoms with Gasteiger partial charge < -0.3 is 19.0 Å². The zero-order chi connectivity index (χ0) is 24.5. The second-order valence-electron chi connectivity index (χ2n) is 9.04. The maximum atomic E-state index is 11.9. The zero-order valence-electron chi connectivity index (χ0n) is 20.8. The van der Waals surface area contributed by atoms with E-state index in [0.29, 0.717) is 12.3 Å². The van der Waals surface area contributed by atoms with Gasteiger partial charge in [-0.1, -0.05) is 30.7 Å². The van der Waals surface area contributed by atoms with Crippen LogP contribution in [0.15, 0.2) is 65.3 Å². The normalized spacial score (nSPS) is 11.1. The molecule has 2 aromatic carbocycles. The molecule has 0 aliphatic carbocycles. The summed E-state index contributed by atoms with van der Waals surface area (Å²) >= 11 is 0. The molecule has 6 nitrogen and oxygen atoms in total. The van der Waals surface area contributed by atoms with E-state index in [1.54, 1.807) is 12.1 Å². The highest BCUT2D eigenvalue weighted by molar-refractivity contribution is 5.91. The molecule has 1 amide bonds. The Morgan fingerprint density at radius 3 is 2.74 bits per heavy atom. The van der Waals surface area contributed by atoms with E-state index >= 15 is 0 Å². The lowest BCUT2D eigenvalue weighted by Crippen LogP contribution is -2.23. The predicted molar refractivity (Wildman–Crippen MR) is 139 cm³/mol. The highest BCUT2D eigenvalue weighted by atomic mass is 16.5. The van der Waals surface area contributed by atoms with Crippen LogP contribution in [0, 0.1) is 13.8 Å². The summed E-state index contributed by atoms with van der Waals surface area (Å²) in [6.07, 6.45) is 7.48. The van der Waals surface area contributed by atoms with Crippen LogP contribution in [0.4, 0.5) is 0 Å². The number of nitrogens with zero attached hydrogens (tertiary/aromatic N) is 2. The number of imidazole rings is 1. The smallest absolute Gasteiger partial charge is 0.286 e. The average molecular weight is 474 g/mol. The fourth-order valence-electron chi connectivity index (χ4n) is 4.26. The van der Waals surface area contributed by atoms with Crippen LogP contribution >= 0.6 is 0 Å². The lowest BCUT2D eigenvalue weighted by molar-refractivity contribution is 0.0925. The standard InChI is InChI=1S/C29H35N3O3/c1-22-15-16-23(2)27(21-22)35-19-9-8-18-32-25-12-6-5-11-24(25)31-28(32)14-4-3-7-17-30-29(33)26-13-10-20-34-26/h5-6,10-13,15-16,20-21H,3-4,7-9,14,17-19H2,1-2H3,(H,30,33). The van der Waals surface area contributed by atoms with Crippen LogP contribution in [0.25, 0.3) is 11.0 Å². The number of unbranched alkanes of at least 4 members (excludes halogenated alkanes) is 3. The second-order valence-corrected chi connectivity index (χ2v) is 9.04. The summed E-state index contributed by atoms with van der Waals surface area (Å²) in [5, 5.41) is 2.91. The summed E-state index contributed by atoms with van der Waals surface area (Å²) in [6, 6.07) is 18.1. The third-order valence-corrected chi connectivity index (χ3v) is 6.22. The van der Waals surface area contributed by atoms with E-state index in [-0.39, 0.29) is 5.91 Å². The molecule has 0 fully saturated rings. The summed E-state index contributed by atoms with van der Waals surface area (Å²) in [4.78, 5) is 16.8. The van der Waals surface area contributed by atoms with E-state index in [0.717, 1.165) is 68.8 Å². The Labute approximate surface area is 207 Å². The molecular formula is C29H35N3O3. The van der Waals surface area contributed by atoms with Gasteiger partial charge in [-0.2, -0.15) is 0 Å². The van der Waals surface area contributed by atoms with E-state index in [1.807, 2.05) is 6.07 Å². The van der Waals surface area contributed by atoms with E-state index in [4.69, 9.17) is 14.1 Å². The van der Waals surface area contributed by atoms with Crippen molar-refractivity contribution in [1.29, 1.82) is 0 Å². The quantitative estimate of drug-likeness (QED) is 0.233. The number of amides is 1. The molecule has 2 heterocycles. The molecular weight excluding hydrogens is 438 g/mol. The first-order valence-corrected chi connectivity index (χ1v) is 12.6. The Balaban J connectivity index is 1.23. The van der Waals surface area contributed by atoms with Crippen molar-refractivity contribution in [2.75, 3.05) is 13.2 Å². The van der Waals surface area contributed by atoms with Crippen LogP contribution in [-0.4, -0.2) is 28.6 Å². The number of carbonyl (C=O) groups is 1. The minimum atomic E-state index is -0.154. The van der Waals surface area contributed by atoms with Crippen LogP contribution in [0.2, 0.25) is 0 Å². The molecule has 4 rings (SSSR count). The molecule has 2 aromatic heterocycles. The van der Waals surface area contributed by atoms with Crippen molar-refractivity contribution in [2.24, 2.45) is 0 Å². The van der Waals surface area contributed by atoms with E-state index in [9.17, 15) is 4.79 Å². The topological polar surface area (TPSA) is 69.3 Å². The summed E-state index contributed by atoms with van der Waals surface area (Å²) in [7, 11) is 0. The molecule has 0 unspecified atom stereocenters. The monoisotopic (exact) mass is 473 g/mol. The minimum Gasteiger partial charge on any atom is -0.493 e. The highest BCUT2D eigenvalue weighted by Gasteiger charge is 2.11. The summed E-state index contributed by atoms with van der Waals surface area (Å²) in [5.74, 6) is 2.33. The number of rotatable bonds is 13. The van der Waals surface area contributed by atoms with Gasteiger partial charge in [-0.3, -0.25) is 4.79 Å². The Bertz CT molecular complexity index is 1230. The molecule has 0 saturated carbocycles. The van der Waals surface area contributed by atoms with Crippen molar-refractivity contribution in [3.63, 3.8) is 0 Å². The number of carbonyl (C=O) groups excluding carboxylic acids is 1. The van der Waals surface area contributed by atoms with Crippen molar-refractivity contribution < 1.29 is 13.9 Å². The van der Waals surface area contributed by atoms with E-state index < -0.39 is 0 Å². The van der Waals surface area contributed by atoms with Gasteiger partial charge in [0.1, 0.15) is 11.6 Å². The van der Waals surface area contributed by atoms with Crippen molar-refractivity contribution in [2.45, 2.75) is 58.9 Å². The molecule has 0 bridgehead atoms. The van der Waals surface area contributed by atoms with Crippen molar-refractivity contribution >= 4 is 16.9 Å². The first kappa shape index (κ1) is 24.6. The molecule has 6 heteroatoms. The molecule has 0 aliphatic rings. The van der Waals surface area contributed by atoms with Crippen molar-refractivity contribution in [3.05, 3.63) is 83.6 Å². The van der Waals surface area contributed by atoms with Crippen molar-refractivity contribution in [3.8, 4) is 5.75 Å². The number of para-hydroxylation sites is 2. The third-order valence-electron chi connectivity index (χ3n) is 6.22. The first-order chi connectivity index (χ1) is 17.1. The Morgan fingerprint density at radius 2 is 1.89 bits per heavy atom. The van der Waals surface area contributed by atoms with Crippen LogP contribution < -0.4 is 10.1 Å². The number of hydrogen-bond acceptors (Lipinski definition) is 4. The van der Waals surface area contributed by atoms with E-state index in [1.165, 1.54) is 22.9 Å². The molecule has 184 valence electrons. The number of nitrogens with one attached hydrogen (secondary N) is 1. The summed E-state index contributed by atoms with van der Waals surface area (Å²) in [5.41, 5.74) is 4.66. The van der Waals surface area contributed by atoms with Gasteiger partial charge in [0.2, 0.25) is 0 Å². The molecule has 4 aromatic rings. The Morgan fingerprint density at radius 1 is 1.00 bits per heavy atom. The summed E-state index contributed by atoms with van der Waals surface area (Å²) < 4.78 is 13.5. The van der Waals surface area contributed by atoms with Gasteiger partial charge >= 0.3 is 0 Å². The minimum absolute atomic E-state index is 0.154. The number of fused-ring (bicyclic) bond motifs is 1. The maximum absolute atomic E-state index is 11.9. The SMILES string of the molecule is Cc1ccc(C)c(OCCCCn2c(CCCCCNC(=O)c3ccco3)nc3ccccc32)c1. The highest BCUT2D eigenvalue weighted by Crippen LogP contribution is 2.21. The molecule has 0 atom stereocenters. The average Bonchev–Trinajstić information content (AvgIpc) is 3.52. The number of aromatic nitrogens is 2. The van der Waals surface area contributed by atoms with Crippen LogP contribution in [-0.2, 0) is 13.0 Å². The van der Waals surface area contributed by atoms with Crippen molar-refractivity contribution in [1.82, 2.24) is 14.9 Å². The van der Waals surface area contributed by atoms with E-state index in [2.05, 4.69) is 60.1 Å². The fraction of sp³-hybridized carbons (Fsp3) is 0.379. The lowest BCUT2D eigenvalue weighted by atomic mass is 10.1. The largest absolute Gasteiger partial charge is 0.493 e. The van der Waals surface area contributed by atoms with Crippen LogP contribution in [0.1, 0.15) is 59.6 Å². The Hall–Kier alpha value is -3.54. The zero-order valence-corrected chi connectivity index (χ0v) is 20.8. The second kappa shape index (κ2) is 12.2. The van der Waals surface area contributed by atoms with Gasteiger partial charge in [0.25, 0.3) is 5.91 Å².